The number of carbonyl (C=O) groups excluding carboxylic acids is 2. The van der Waals surface area contributed by atoms with Crippen LogP contribution in [-0.4, -0.2) is 64.9 Å². The third-order valence-corrected chi connectivity index (χ3v) is 7.50. The molecule has 35 heavy (non-hydrogen) atoms. The quantitative estimate of drug-likeness (QED) is 0.313. The number of piperazine rings is 1. The van der Waals surface area contributed by atoms with Gasteiger partial charge in [0.25, 0.3) is 11.8 Å². The number of thiophene rings is 1. The Morgan fingerprint density at radius 3 is 2.69 bits per heavy atom. The van der Waals surface area contributed by atoms with Crippen molar-refractivity contribution in [3.63, 3.8) is 0 Å². The second-order valence-electron chi connectivity index (χ2n) is 8.36. The second kappa shape index (κ2) is 10.4. The zero-order valence-corrected chi connectivity index (χ0v) is 22.0. The maximum atomic E-state index is 13.0. The number of aromatic nitrogens is 1. The Morgan fingerprint density at radius 1 is 1.14 bits per heavy atom. The number of aromatic hydroxyl groups is 1. The standard InChI is InChI=1S/C24H22BrN5O3S.ClH/c1-29-5-7-30(8-6-29)24(33)16-12-17(25)21-18(13-16)26-23(32)22(21)28-27-20(31)11-14-2-3-19-15(10-14)4-9-34-19;/h2-4,9-10,12-13,26,32H,5-8,11H2,1H3;1H. The average Bonchev–Trinajstić information content (AvgIpc) is 3.41. The maximum Gasteiger partial charge on any atom is 0.269 e. The van der Waals surface area contributed by atoms with E-state index in [2.05, 4.69) is 36.0 Å². The van der Waals surface area contributed by atoms with Crippen molar-refractivity contribution in [1.82, 2.24) is 14.8 Å². The summed E-state index contributed by atoms with van der Waals surface area (Å²) in [5, 5.41) is 22.0. The highest BCUT2D eigenvalue weighted by Crippen LogP contribution is 2.40. The molecule has 8 nitrogen and oxygen atoms in total. The van der Waals surface area contributed by atoms with Crippen LogP contribution >= 0.6 is 39.7 Å². The minimum atomic E-state index is -0.415. The van der Waals surface area contributed by atoms with Crippen molar-refractivity contribution in [3.8, 4) is 5.88 Å². The Labute approximate surface area is 220 Å². The van der Waals surface area contributed by atoms with Crippen molar-refractivity contribution < 1.29 is 14.7 Å². The predicted molar refractivity (Wildman–Crippen MR) is 143 cm³/mol. The molecule has 5 rings (SSSR count). The van der Waals surface area contributed by atoms with E-state index in [1.165, 1.54) is 0 Å². The summed E-state index contributed by atoms with van der Waals surface area (Å²) in [5.74, 6) is -0.691. The number of nitrogens with zero attached hydrogens (tertiary/aromatic N) is 4. The SMILES string of the molecule is CN1CCN(C(=O)c2cc(Br)c3c(N=NC(=O)Cc4ccc5sccc5c4)c(O)[nH]c3c2)CC1.Cl. The number of hydrogen-bond donors (Lipinski definition) is 2. The van der Waals surface area contributed by atoms with Crippen LogP contribution in [0.1, 0.15) is 15.9 Å². The Balaban J connectivity index is 0.00000289. The van der Waals surface area contributed by atoms with Gasteiger partial charge in [0.15, 0.2) is 5.69 Å². The number of halogens is 2. The molecule has 11 heteroatoms. The summed E-state index contributed by atoms with van der Waals surface area (Å²) < 4.78 is 1.75. The Morgan fingerprint density at radius 2 is 1.91 bits per heavy atom. The summed E-state index contributed by atoms with van der Waals surface area (Å²) in [4.78, 5) is 32.3. The van der Waals surface area contributed by atoms with E-state index in [9.17, 15) is 14.7 Å². The zero-order valence-electron chi connectivity index (χ0n) is 18.8. The summed E-state index contributed by atoms with van der Waals surface area (Å²) in [6.07, 6.45) is 0.114. The van der Waals surface area contributed by atoms with Crippen LogP contribution in [0.5, 0.6) is 5.88 Å². The minimum absolute atomic E-state index is 0. The summed E-state index contributed by atoms with van der Waals surface area (Å²) in [6, 6.07) is 11.3. The number of likely N-dealkylation sites (N-methyl/N-ethyl adjacent to an activating group) is 1. The molecule has 1 aliphatic rings. The van der Waals surface area contributed by atoms with Crippen molar-refractivity contribution in [2.45, 2.75) is 6.42 Å². The van der Waals surface area contributed by atoms with Gasteiger partial charge in [-0.2, -0.15) is 0 Å². The smallest absolute Gasteiger partial charge is 0.269 e. The van der Waals surface area contributed by atoms with Gasteiger partial charge in [-0.15, -0.1) is 34.0 Å². The molecule has 2 amide bonds. The van der Waals surface area contributed by atoms with E-state index in [1.54, 1.807) is 23.5 Å². The average molecular weight is 577 g/mol. The number of H-pyrrole nitrogens is 1. The number of fused-ring (bicyclic) bond motifs is 2. The van der Waals surface area contributed by atoms with Crippen molar-refractivity contribution >= 4 is 78.2 Å². The fraction of sp³-hybridized carbons (Fsp3) is 0.250. The molecular formula is C24H23BrClN5O3S. The van der Waals surface area contributed by atoms with E-state index in [1.807, 2.05) is 41.6 Å². The number of azo groups is 1. The number of benzene rings is 2. The molecule has 182 valence electrons. The van der Waals surface area contributed by atoms with E-state index < -0.39 is 5.91 Å². The molecule has 1 fully saturated rings. The third kappa shape index (κ3) is 5.25. The van der Waals surface area contributed by atoms with Gasteiger partial charge < -0.3 is 19.9 Å². The number of aromatic amines is 1. The summed E-state index contributed by atoms with van der Waals surface area (Å²) >= 11 is 5.15. The fourth-order valence-corrected chi connectivity index (χ4v) is 5.52. The first-order valence-corrected chi connectivity index (χ1v) is 12.5. The van der Waals surface area contributed by atoms with Crippen LogP contribution < -0.4 is 0 Å². The van der Waals surface area contributed by atoms with Crippen molar-refractivity contribution in [1.29, 1.82) is 0 Å². The van der Waals surface area contributed by atoms with Crippen LogP contribution in [0.3, 0.4) is 0 Å². The lowest BCUT2D eigenvalue weighted by Gasteiger charge is -2.32. The van der Waals surface area contributed by atoms with E-state index in [-0.39, 0.29) is 36.3 Å². The number of nitrogens with one attached hydrogen (secondary N) is 1. The van der Waals surface area contributed by atoms with Crippen LogP contribution in [0, 0.1) is 0 Å². The monoisotopic (exact) mass is 575 g/mol. The van der Waals surface area contributed by atoms with Gasteiger partial charge in [0.1, 0.15) is 0 Å². The lowest BCUT2D eigenvalue weighted by atomic mass is 10.1. The highest BCUT2D eigenvalue weighted by atomic mass is 79.9. The van der Waals surface area contributed by atoms with Crippen molar-refractivity contribution in [2.24, 2.45) is 10.2 Å². The van der Waals surface area contributed by atoms with Gasteiger partial charge in [0, 0.05) is 46.3 Å². The number of rotatable bonds is 4. The molecule has 0 bridgehead atoms. The lowest BCUT2D eigenvalue weighted by molar-refractivity contribution is -0.117. The molecule has 2 aromatic heterocycles. The third-order valence-electron chi connectivity index (χ3n) is 5.98. The van der Waals surface area contributed by atoms with Crippen LogP contribution in [-0.2, 0) is 11.2 Å². The van der Waals surface area contributed by atoms with Gasteiger partial charge in [-0.25, -0.2) is 0 Å². The van der Waals surface area contributed by atoms with Gasteiger partial charge in [0.05, 0.1) is 11.9 Å². The van der Waals surface area contributed by atoms with E-state index in [4.69, 9.17) is 0 Å². The Kier molecular flexibility index (Phi) is 7.56. The normalized spacial score (nSPS) is 14.6. The first-order chi connectivity index (χ1) is 16.4. The first kappa shape index (κ1) is 25.3. The molecule has 0 saturated carbocycles. The molecule has 1 aliphatic heterocycles. The highest BCUT2D eigenvalue weighted by Gasteiger charge is 2.23. The largest absolute Gasteiger partial charge is 0.493 e. The molecule has 3 heterocycles. The molecule has 0 spiro atoms. The molecule has 0 unspecified atom stereocenters. The molecular weight excluding hydrogens is 554 g/mol. The van der Waals surface area contributed by atoms with Crippen LogP contribution in [0.15, 0.2) is 56.5 Å². The van der Waals surface area contributed by atoms with Crippen molar-refractivity contribution in [2.75, 3.05) is 33.2 Å². The van der Waals surface area contributed by atoms with Crippen LogP contribution in [0.25, 0.3) is 21.0 Å². The second-order valence-corrected chi connectivity index (χ2v) is 10.2. The topological polar surface area (TPSA) is 101 Å². The molecule has 0 aliphatic carbocycles. The summed E-state index contributed by atoms with van der Waals surface area (Å²) in [5.41, 5.74) is 2.05. The number of hydrogen-bond acceptors (Lipinski definition) is 6. The Hall–Kier alpha value is -2.79. The van der Waals surface area contributed by atoms with Gasteiger partial charge >= 0.3 is 0 Å². The fourth-order valence-electron chi connectivity index (χ4n) is 4.11. The van der Waals surface area contributed by atoms with Gasteiger partial charge in [-0.05, 0) is 69.6 Å². The van der Waals surface area contributed by atoms with Gasteiger partial charge in [-0.1, -0.05) is 6.07 Å². The molecule has 4 aromatic rings. The van der Waals surface area contributed by atoms with E-state index in [0.29, 0.717) is 34.0 Å². The zero-order chi connectivity index (χ0) is 23.8. The summed E-state index contributed by atoms with van der Waals surface area (Å²) in [7, 11) is 2.04. The lowest BCUT2D eigenvalue weighted by Crippen LogP contribution is -2.47. The number of amides is 2. The molecule has 2 N–H and O–H groups in total. The van der Waals surface area contributed by atoms with E-state index >= 15 is 0 Å². The highest BCUT2D eigenvalue weighted by molar-refractivity contribution is 9.10. The van der Waals surface area contributed by atoms with Gasteiger partial charge in [0.2, 0.25) is 5.88 Å². The Bertz CT molecular complexity index is 1440. The molecule has 1 saturated heterocycles. The summed E-state index contributed by atoms with van der Waals surface area (Å²) in [6.45, 7) is 3.00. The maximum absolute atomic E-state index is 13.0. The minimum Gasteiger partial charge on any atom is -0.493 e. The van der Waals surface area contributed by atoms with E-state index in [0.717, 1.165) is 28.7 Å². The predicted octanol–water partition coefficient (Wildman–Crippen LogP) is 5.51. The van der Waals surface area contributed by atoms with Crippen LogP contribution in [0.4, 0.5) is 5.69 Å². The van der Waals surface area contributed by atoms with Crippen molar-refractivity contribution in [3.05, 3.63) is 57.4 Å². The van der Waals surface area contributed by atoms with Crippen LogP contribution in [0.2, 0.25) is 0 Å². The molecule has 0 atom stereocenters. The van der Waals surface area contributed by atoms with Gasteiger partial charge in [-0.3, -0.25) is 9.59 Å². The molecule has 0 radical (unpaired) electrons. The molecule has 2 aromatic carbocycles. The number of carbonyl (C=O) groups is 2. The first-order valence-electron chi connectivity index (χ1n) is 10.8.